The molecule has 4 heteroatoms. The zero-order valence-corrected chi connectivity index (χ0v) is 12.7. The SMILES string of the molecule is COC(=O)c1cncn1C1CCC(C)(C)c2ccccc21. The quantitative estimate of drug-likeness (QED) is 0.794. The van der Waals surface area contributed by atoms with Gasteiger partial charge in [-0.2, -0.15) is 0 Å². The topological polar surface area (TPSA) is 44.1 Å². The van der Waals surface area contributed by atoms with Gasteiger partial charge in [0.05, 0.1) is 25.7 Å². The Morgan fingerprint density at radius 2 is 2.14 bits per heavy atom. The molecular formula is C17H20N2O2. The zero-order chi connectivity index (χ0) is 15.0. The van der Waals surface area contributed by atoms with E-state index < -0.39 is 0 Å². The van der Waals surface area contributed by atoms with Gasteiger partial charge < -0.3 is 9.30 Å². The van der Waals surface area contributed by atoms with E-state index in [0.717, 1.165) is 12.8 Å². The summed E-state index contributed by atoms with van der Waals surface area (Å²) in [5, 5.41) is 0. The molecule has 0 saturated carbocycles. The van der Waals surface area contributed by atoms with Gasteiger partial charge in [0.2, 0.25) is 0 Å². The number of carbonyl (C=O) groups excluding carboxylic acids is 1. The van der Waals surface area contributed by atoms with Crippen LogP contribution in [0.2, 0.25) is 0 Å². The minimum Gasteiger partial charge on any atom is -0.464 e. The molecule has 4 nitrogen and oxygen atoms in total. The number of fused-ring (bicyclic) bond motifs is 1. The minimum atomic E-state index is -0.338. The lowest BCUT2D eigenvalue weighted by Gasteiger charge is -2.37. The van der Waals surface area contributed by atoms with E-state index >= 15 is 0 Å². The van der Waals surface area contributed by atoms with Crippen molar-refractivity contribution in [3.05, 3.63) is 53.6 Å². The standard InChI is InChI=1S/C17H20N2O2/c1-17(2)9-8-14(12-6-4-5-7-13(12)17)19-11-18-10-15(19)16(20)21-3/h4-7,10-11,14H,8-9H2,1-3H3. The molecule has 0 fully saturated rings. The number of nitrogens with zero attached hydrogens (tertiary/aromatic N) is 2. The van der Waals surface area contributed by atoms with Gasteiger partial charge in [0.1, 0.15) is 5.69 Å². The highest BCUT2D eigenvalue weighted by Gasteiger charge is 2.34. The van der Waals surface area contributed by atoms with Gasteiger partial charge >= 0.3 is 5.97 Å². The molecule has 0 amide bonds. The van der Waals surface area contributed by atoms with Crippen molar-refractivity contribution in [3.8, 4) is 0 Å². The van der Waals surface area contributed by atoms with Crippen molar-refractivity contribution in [3.63, 3.8) is 0 Å². The van der Waals surface area contributed by atoms with Crippen LogP contribution >= 0.6 is 0 Å². The van der Waals surface area contributed by atoms with Crippen LogP contribution in [0.4, 0.5) is 0 Å². The van der Waals surface area contributed by atoms with E-state index in [0.29, 0.717) is 5.69 Å². The van der Waals surface area contributed by atoms with Crippen LogP contribution in [0, 0.1) is 0 Å². The normalized spacial score (nSPS) is 19.9. The molecule has 0 bridgehead atoms. The molecule has 0 aliphatic heterocycles. The molecule has 1 aliphatic carbocycles. The number of esters is 1. The summed E-state index contributed by atoms with van der Waals surface area (Å²) in [6.45, 7) is 4.55. The number of benzene rings is 1. The summed E-state index contributed by atoms with van der Waals surface area (Å²) >= 11 is 0. The first kappa shape index (κ1) is 13.9. The molecule has 0 saturated heterocycles. The van der Waals surface area contributed by atoms with E-state index in [4.69, 9.17) is 4.74 Å². The fourth-order valence-corrected chi connectivity index (χ4v) is 3.30. The lowest BCUT2D eigenvalue weighted by atomic mass is 9.71. The first-order chi connectivity index (χ1) is 10.0. The zero-order valence-electron chi connectivity index (χ0n) is 12.7. The Morgan fingerprint density at radius 3 is 2.90 bits per heavy atom. The second-order valence-electron chi connectivity index (χ2n) is 6.20. The van der Waals surface area contributed by atoms with Gasteiger partial charge in [-0.3, -0.25) is 0 Å². The number of aromatic nitrogens is 2. The third-order valence-electron chi connectivity index (χ3n) is 4.49. The van der Waals surface area contributed by atoms with Gasteiger partial charge in [-0.15, -0.1) is 0 Å². The third kappa shape index (κ3) is 2.24. The van der Waals surface area contributed by atoms with Crippen molar-refractivity contribution in [2.45, 2.75) is 38.1 Å². The summed E-state index contributed by atoms with van der Waals surface area (Å²) in [4.78, 5) is 16.0. The number of hydrogen-bond acceptors (Lipinski definition) is 3. The number of hydrogen-bond donors (Lipinski definition) is 0. The molecule has 1 aromatic carbocycles. The molecule has 1 aliphatic rings. The molecule has 21 heavy (non-hydrogen) atoms. The van der Waals surface area contributed by atoms with E-state index in [1.165, 1.54) is 18.2 Å². The fraction of sp³-hybridized carbons (Fsp3) is 0.412. The summed E-state index contributed by atoms with van der Waals surface area (Å²) in [6, 6.07) is 8.63. The second kappa shape index (κ2) is 5.02. The second-order valence-corrected chi connectivity index (χ2v) is 6.20. The predicted molar refractivity (Wildman–Crippen MR) is 80.4 cm³/mol. The number of ether oxygens (including phenoxy) is 1. The molecule has 1 aromatic heterocycles. The Labute approximate surface area is 124 Å². The van der Waals surface area contributed by atoms with Crippen LogP contribution in [0.1, 0.15) is 54.3 Å². The lowest BCUT2D eigenvalue weighted by Crippen LogP contribution is -2.29. The van der Waals surface area contributed by atoms with Gasteiger partial charge in [0, 0.05) is 0 Å². The van der Waals surface area contributed by atoms with Crippen LogP contribution in [0.5, 0.6) is 0 Å². The predicted octanol–water partition coefficient (Wildman–Crippen LogP) is 3.33. The molecule has 1 atom stereocenters. The van der Waals surface area contributed by atoms with E-state index in [9.17, 15) is 4.79 Å². The van der Waals surface area contributed by atoms with Crippen LogP contribution in [-0.2, 0) is 10.2 Å². The van der Waals surface area contributed by atoms with Crippen molar-refractivity contribution in [1.29, 1.82) is 0 Å². The van der Waals surface area contributed by atoms with Crippen LogP contribution in [0.3, 0.4) is 0 Å². The van der Waals surface area contributed by atoms with Crippen LogP contribution in [-0.4, -0.2) is 22.6 Å². The molecule has 0 spiro atoms. The monoisotopic (exact) mass is 284 g/mol. The Hall–Kier alpha value is -2.10. The van der Waals surface area contributed by atoms with Gasteiger partial charge in [-0.05, 0) is 29.4 Å². The van der Waals surface area contributed by atoms with E-state index in [1.54, 1.807) is 12.5 Å². The highest BCUT2D eigenvalue weighted by molar-refractivity contribution is 5.87. The maximum atomic E-state index is 11.9. The molecule has 0 N–H and O–H groups in total. The molecule has 3 rings (SSSR count). The Bertz CT molecular complexity index is 673. The minimum absolute atomic E-state index is 0.144. The number of methoxy groups -OCH3 is 1. The third-order valence-corrected chi connectivity index (χ3v) is 4.49. The fourth-order valence-electron chi connectivity index (χ4n) is 3.30. The molecular weight excluding hydrogens is 264 g/mol. The molecule has 110 valence electrons. The highest BCUT2D eigenvalue weighted by atomic mass is 16.5. The smallest absolute Gasteiger partial charge is 0.356 e. The number of carbonyl (C=O) groups is 1. The highest BCUT2D eigenvalue weighted by Crippen LogP contribution is 2.43. The first-order valence-electron chi connectivity index (χ1n) is 7.24. The summed E-state index contributed by atoms with van der Waals surface area (Å²) in [5.41, 5.74) is 3.30. The Morgan fingerprint density at radius 1 is 1.38 bits per heavy atom. The van der Waals surface area contributed by atoms with Crippen LogP contribution in [0.25, 0.3) is 0 Å². The summed E-state index contributed by atoms with van der Waals surface area (Å²) < 4.78 is 6.80. The molecule has 0 radical (unpaired) electrons. The number of rotatable bonds is 2. The summed E-state index contributed by atoms with van der Waals surface area (Å²) in [6.07, 6.45) is 5.37. The maximum Gasteiger partial charge on any atom is 0.356 e. The van der Waals surface area contributed by atoms with Crippen molar-refractivity contribution in [2.75, 3.05) is 7.11 Å². The largest absolute Gasteiger partial charge is 0.464 e. The van der Waals surface area contributed by atoms with E-state index in [-0.39, 0.29) is 17.4 Å². The maximum absolute atomic E-state index is 11.9. The first-order valence-corrected chi connectivity index (χ1v) is 7.24. The van der Waals surface area contributed by atoms with Crippen molar-refractivity contribution < 1.29 is 9.53 Å². The molecule has 1 unspecified atom stereocenters. The Balaban J connectivity index is 2.09. The van der Waals surface area contributed by atoms with Gasteiger partial charge in [0.15, 0.2) is 0 Å². The Kier molecular flexibility index (Phi) is 3.32. The van der Waals surface area contributed by atoms with E-state index in [2.05, 4.69) is 43.1 Å². The summed E-state index contributed by atoms with van der Waals surface area (Å²) in [7, 11) is 1.40. The average molecular weight is 284 g/mol. The van der Waals surface area contributed by atoms with Crippen molar-refractivity contribution in [2.24, 2.45) is 0 Å². The number of imidazole rings is 1. The van der Waals surface area contributed by atoms with E-state index in [1.807, 2.05) is 4.57 Å². The molecule has 1 heterocycles. The van der Waals surface area contributed by atoms with Crippen molar-refractivity contribution >= 4 is 5.97 Å². The van der Waals surface area contributed by atoms with Crippen molar-refractivity contribution in [1.82, 2.24) is 9.55 Å². The van der Waals surface area contributed by atoms with Gasteiger partial charge in [-0.1, -0.05) is 38.1 Å². The lowest BCUT2D eigenvalue weighted by molar-refractivity contribution is 0.0586. The van der Waals surface area contributed by atoms with Gasteiger partial charge in [0.25, 0.3) is 0 Å². The van der Waals surface area contributed by atoms with Crippen LogP contribution < -0.4 is 0 Å². The summed E-state index contributed by atoms with van der Waals surface area (Å²) in [5.74, 6) is -0.338. The van der Waals surface area contributed by atoms with Gasteiger partial charge in [-0.25, -0.2) is 9.78 Å². The van der Waals surface area contributed by atoms with Crippen LogP contribution in [0.15, 0.2) is 36.8 Å². The average Bonchev–Trinajstić information content (AvgIpc) is 2.96. The molecule has 2 aromatic rings.